The third-order valence-electron chi connectivity index (χ3n) is 1.92. The molecule has 0 aliphatic heterocycles. The van der Waals surface area contributed by atoms with Gasteiger partial charge in [-0.1, -0.05) is 29.8 Å². The number of oxazole rings is 1. The first-order valence-corrected chi connectivity index (χ1v) is 4.28. The van der Waals surface area contributed by atoms with Crippen LogP contribution in [-0.4, -0.2) is 4.98 Å². The van der Waals surface area contributed by atoms with Crippen molar-refractivity contribution in [3.63, 3.8) is 0 Å². The van der Waals surface area contributed by atoms with Crippen molar-refractivity contribution in [1.82, 2.24) is 4.98 Å². The average molecular weight is 173 g/mol. The van der Waals surface area contributed by atoms with Gasteiger partial charge in [0.1, 0.15) is 6.26 Å². The van der Waals surface area contributed by atoms with Crippen molar-refractivity contribution in [2.75, 3.05) is 0 Å². The first-order valence-electron chi connectivity index (χ1n) is 4.28. The quantitative estimate of drug-likeness (QED) is 0.697. The molecule has 0 spiro atoms. The minimum absolute atomic E-state index is 0.769. The maximum Gasteiger partial charge on any atom is 0.198 e. The van der Waals surface area contributed by atoms with Gasteiger partial charge in [-0.2, -0.15) is 0 Å². The number of rotatable bonds is 2. The van der Waals surface area contributed by atoms with Gasteiger partial charge in [0, 0.05) is 6.42 Å². The summed E-state index contributed by atoms with van der Waals surface area (Å²) in [6.45, 7) is 2.08. The van der Waals surface area contributed by atoms with Crippen LogP contribution in [0.15, 0.2) is 41.1 Å². The van der Waals surface area contributed by atoms with E-state index in [4.69, 9.17) is 4.42 Å². The van der Waals surface area contributed by atoms with Crippen LogP contribution in [0.25, 0.3) is 0 Å². The van der Waals surface area contributed by atoms with Crippen LogP contribution in [-0.2, 0) is 6.42 Å². The van der Waals surface area contributed by atoms with Crippen LogP contribution in [0, 0.1) is 6.92 Å². The van der Waals surface area contributed by atoms with Crippen LogP contribution >= 0.6 is 0 Å². The average Bonchev–Trinajstić information content (AvgIpc) is 2.57. The van der Waals surface area contributed by atoms with E-state index in [1.165, 1.54) is 11.1 Å². The molecule has 0 unspecified atom stereocenters. The van der Waals surface area contributed by atoms with Gasteiger partial charge >= 0.3 is 0 Å². The number of hydrogen-bond donors (Lipinski definition) is 0. The number of nitrogens with zero attached hydrogens (tertiary/aromatic N) is 1. The lowest BCUT2D eigenvalue weighted by molar-refractivity contribution is 0.507. The summed E-state index contributed by atoms with van der Waals surface area (Å²) in [5, 5.41) is 0. The molecule has 0 aliphatic rings. The molecule has 0 atom stereocenters. The largest absolute Gasteiger partial charge is 0.449 e. The number of hydrogen-bond acceptors (Lipinski definition) is 2. The zero-order valence-electron chi connectivity index (χ0n) is 7.53. The van der Waals surface area contributed by atoms with Crippen LogP contribution in [0.3, 0.4) is 0 Å². The van der Waals surface area contributed by atoms with Gasteiger partial charge in [0.2, 0.25) is 0 Å². The molecule has 0 saturated carbocycles. The van der Waals surface area contributed by atoms with Crippen molar-refractivity contribution in [3.8, 4) is 0 Å². The second kappa shape index (κ2) is 3.44. The van der Waals surface area contributed by atoms with Gasteiger partial charge in [-0.25, -0.2) is 4.98 Å². The lowest BCUT2D eigenvalue weighted by Gasteiger charge is -1.98. The third kappa shape index (κ3) is 1.96. The molecule has 0 saturated heterocycles. The predicted octanol–water partition coefficient (Wildman–Crippen LogP) is 2.57. The van der Waals surface area contributed by atoms with E-state index in [0.717, 1.165) is 12.3 Å². The summed E-state index contributed by atoms with van der Waals surface area (Å²) in [5.74, 6) is 0.769. The number of aryl methyl sites for hydroxylation is 1. The molecular weight excluding hydrogens is 162 g/mol. The van der Waals surface area contributed by atoms with Crippen molar-refractivity contribution in [2.24, 2.45) is 0 Å². The van der Waals surface area contributed by atoms with Gasteiger partial charge in [0.05, 0.1) is 6.20 Å². The van der Waals surface area contributed by atoms with Gasteiger partial charge in [-0.05, 0) is 12.5 Å². The standard InChI is InChI=1S/C11H11NO/c1-9-3-2-4-10(7-9)8-11-12-5-6-13-11/h2-7H,8H2,1H3. The maximum atomic E-state index is 5.17. The van der Waals surface area contributed by atoms with Crippen LogP contribution in [0.1, 0.15) is 17.0 Å². The molecule has 1 heterocycles. The molecule has 1 aromatic heterocycles. The molecular formula is C11H11NO. The van der Waals surface area contributed by atoms with Crippen molar-refractivity contribution in [2.45, 2.75) is 13.3 Å². The molecule has 2 nitrogen and oxygen atoms in total. The highest BCUT2D eigenvalue weighted by atomic mass is 16.3. The molecule has 13 heavy (non-hydrogen) atoms. The highest BCUT2D eigenvalue weighted by Crippen LogP contribution is 2.09. The minimum atomic E-state index is 0.769. The van der Waals surface area contributed by atoms with Crippen LogP contribution in [0.2, 0.25) is 0 Å². The summed E-state index contributed by atoms with van der Waals surface area (Å²) in [5.41, 5.74) is 2.51. The van der Waals surface area contributed by atoms with E-state index in [-0.39, 0.29) is 0 Å². The summed E-state index contributed by atoms with van der Waals surface area (Å²) < 4.78 is 5.17. The van der Waals surface area contributed by atoms with Crippen LogP contribution in [0.4, 0.5) is 0 Å². The fourth-order valence-electron chi connectivity index (χ4n) is 1.34. The van der Waals surface area contributed by atoms with Gasteiger partial charge in [0.15, 0.2) is 5.89 Å². The molecule has 2 aromatic rings. The van der Waals surface area contributed by atoms with Gasteiger partial charge in [-0.15, -0.1) is 0 Å². The van der Waals surface area contributed by atoms with Crippen LogP contribution in [0.5, 0.6) is 0 Å². The molecule has 0 bridgehead atoms. The minimum Gasteiger partial charge on any atom is -0.449 e. The van der Waals surface area contributed by atoms with Gasteiger partial charge < -0.3 is 4.42 Å². The Bertz CT molecular complexity index is 379. The molecule has 0 N–H and O–H groups in total. The van der Waals surface area contributed by atoms with E-state index < -0.39 is 0 Å². The van der Waals surface area contributed by atoms with Gasteiger partial charge in [0.25, 0.3) is 0 Å². The second-order valence-corrected chi connectivity index (χ2v) is 3.09. The summed E-state index contributed by atoms with van der Waals surface area (Å²) in [6, 6.07) is 8.36. The van der Waals surface area contributed by atoms with Gasteiger partial charge in [-0.3, -0.25) is 0 Å². The molecule has 0 amide bonds. The Labute approximate surface area is 77.2 Å². The predicted molar refractivity (Wildman–Crippen MR) is 50.5 cm³/mol. The Balaban J connectivity index is 2.19. The molecule has 0 fully saturated rings. The Morgan fingerprint density at radius 3 is 3.00 bits per heavy atom. The van der Waals surface area contributed by atoms with E-state index >= 15 is 0 Å². The highest BCUT2D eigenvalue weighted by molar-refractivity contribution is 5.24. The van der Waals surface area contributed by atoms with Crippen molar-refractivity contribution in [3.05, 3.63) is 53.7 Å². The fraction of sp³-hybridized carbons (Fsp3) is 0.182. The van der Waals surface area contributed by atoms with E-state index in [1.807, 2.05) is 6.07 Å². The second-order valence-electron chi connectivity index (χ2n) is 3.09. The molecule has 0 aliphatic carbocycles. The van der Waals surface area contributed by atoms with Crippen molar-refractivity contribution >= 4 is 0 Å². The van der Waals surface area contributed by atoms with Crippen LogP contribution < -0.4 is 0 Å². The molecule has 66 valence electrons. The number of benzene rings is 1. The molecule has 0 radical (unpaired) electrons. The van der Waals surface area contributed by atoms with Crippen molar-refractivity contribution < 1.29 is 4.42 Å². The Morgan fingerprint density at radius 2 is 2.31 bits per heavy atom. The SMILES string of the molecule is Cc1cccc(Cc2ncco2)c1. The topological polar surface area (TPSA) is 26.0 Å². The Morgan fingerprint density at radius 1 is 1.38 bits per heavy atom. The summed E-state index contributed by atoms with van der Waals surface area (Å²) in [6.07, 6.45) is 4.05. The highest BCUT2D eigenvalue weighted by Gasteiger charge is 1.99. The van der Waals surface area contributed by atoms with E-state index in [1.54, 1.807) is 12.5 Å². The zero-order chi connectivity index (χ0) is 9.10. The molecule has 2 rings (SSSR count). The lowest BCUT2D eigenvalue weighted by atomic mass is 10.1. The Kier molecular flexibility index (Phi) is 2.13. The smallest absolute Gasteiger partial charge is 0.198 e. The van der Waals surface area contributed by atoms with E-state index in [2.05, 4.69) is 30.1 Å². The van der Waals surface area contributed by atoms with Crippen molar-refractivity contribution in [1.29, 1.82) is 0 Å². The Hall–Kier alpha value is -1.57. The first kappa shape index (κ1) is 8.05. The number of aromatic nitrogens is 1. The molecule has 2 heteroatoms. The van der Waals surface area contributed by atoms with E-state index in [9.17, 15) is 0 Å². The zero-order valence-corrected chi connectivity index (χ0v) is 7.53. The first-order chi connectivity index (χ1) is 6.34. The fourth-order valence-corrected chi connectivity index (χ4v) is 1.34. The lowest BCUT2D eigenvalue weighted by Crippen LogP contribution is -1.87. The summed E-state index contributed by atoms with van der Waals surface area (Å²) in [4.78, 5) is 4.07. The third-order valence-corrected chi connectivity index (χ3v) is 1.92. The van der Waals surface area contributed by atoms with E-state index in [0.29, 0.717) is 0 Å². The summed E-state index contributed by atoms with van der Waals surface area (Å²) >= 11 is 0. The summed E-state index contributed by atoms with van der Waals surface area (Å²) in [7, 11) is 0. The monoisotopic (exact) mass is 173 g/mol. The normalized spacial score (nSPS) is 10.2. The maximum absolute atomic E-state index is 5.17. The molecule has 1 aromatic carbocycles.